The third-order valence-electron chi connectivity index (χ3n) is 3.66. The van der Waals surface area contributed by atoms with Gasteiger partial charge in [-0.2, -0.15) is 0 Å². The molecule has 22 heavy (non-hydrogen) atoms. The summed E-state index contributed by atoms with van der Waals surface area (Å²) in [5, 5.41) is 5.59. The van der Waals surface area contributed by atoms with Gasteiger partial charge in [0, 0.05) is 11.7 Å². The zero-order valence-electron chi connectivity index (χ0n) is 12.8. The molecule has 0 spiro atoms. The molecule has 5 nitrogen and oxygen atoms in total. The Kier molecular flexibility index (Phi) is 5.89. The van der Waals surface area contributed by atoms with Gasteiger partial charge in [0.2, 0.25) is 11.8 Å². The van der Waals surface area contributed by atoms with E-state index in [0.29, 0.717) is 5.69 Å². The molecular weight excluding hydrogens is 285 g/mol. The topological polar surface area (TPSA) is 61.4 Å². The number of anilines is 1. The number of hydrogen-bond donors (Lipinski definition) is 2. The lowest BCUT2D eigenvalue weighted by Crippen LogP contribution is -2.42. The number of halogens is 1. The third kappa shape index (κ3) is 5.44. The first kappa shape index (κ1) is 16.4. The van der Waals surface area contributed by atoms with Crippen molar-refractivity contribution >= 4 is 17.5 Å². The molecule has 0 aliphatic heterocycles. The second-order valence-corrected chi connectivity index (χ2v) is 5.78. The summed E-state index contributed by atoms with van der Waals surface area (Å²) < 4.78 is 13.0. The minimum atomic E-state index is -0.401. The number of hydrogen-bond acceptors (Lipinski definition) is 3. The average Bonchev–Trinajstić information content (AvgIpc) is 2.90. The number of benzene rings is 1. The SMILES string of the molecule is CN(CC(=O)Nc1cccc(F)c1)CC(=O)NC1CCCC1. The molecule has 0 saturated heterocycles. The fourth-order valence-electron chi connectivity index (χ4n) is 2.66. The fourth-order valence-corrected chi connectivity index (χ4v) is 2.66. The van der Waals surface area contributed by atoms with Gasteiger partial charge in [-0.15, -0.1) is 0 Å². The Bertz CT molecular complexity index is 530. The van der Waals surface area contributed by atoms with Crippen molar-refractivity contribution in [3.8, 4) is 0 Å². The predicted octanol–water partition coefficient (Wildman–Crippen LogP) is 1.75. The summed E-state index contributed by atoms with van der Waals surface area (Å²) in [4.78, 5) is 25.4. The lowest BCUT2D eigenvalue weighted by Gasteiger charge is -2.18. The van der Waals surface area contributed by atoms with Crippen LogP contribution in [0.5, 0.6) is 0 Å². The normalized spacial score (nSPS) is 15.0. The number of nitrogens with one attached hydrogen (secondary N) is 2. The summed E-state index contributed by atoms with van der Waals surface area (Å²) in [6, 6.07) is 6.00. The molecule has 1 aromatic rings. The van der Waals surface area contributed by atoms with E-state index in [4.69, 9.17) is 0 Å². The first-order valence-electron chi connectivity index (χ1n) is 7.56. The van der Waals surface area contributed by atoms with E-state index >= 15 is 0 Å². The summed E-state index contributed by atoms with van der Waals surface area (Å²) in [7, 11) is 1.71. The Labute approximate surface area is 129 Å². The van der Waals surface area contributed by atoms with E-state index < -0.39 is 5.82 Å². The van der Waals surface area contributed by atoms with Crippen molar-refractivity contribution in [2.45, 2.75) is 31.7 Å². The molecule has 0 radical (unpaired) electrons. The van der Waals surface area contributed by atoms with Gasteiger partial charge in [0.15, 0.2) is 0 Å². The van der Waals surface area contributed by atoms with Crippen molar-refractivity contribution in [1.82, 2.24) is 10.2 Å². The maximum absolute atomic E-state index is 13.0. The van der Waals surface area contributed by atoms with Gasteiger partial charge in [0.25, 0.3) is 0 Å². The molecule has 0 heterocycles. The van der Waals surface area contributed by atoms with Gasteiger partial charge in [-0.05, 0) is 38.1 Å². The standard InChI is InChI=1S/C16H22FN3O2/c1-20(10-15(21)18-13-6-2-3-7-13)11-16(22)19-14-8-4-5-12(17)9-14/h4-5,8-9,13H,2-3,6-7,10-11H2,1H3,(H,18,21)(H,19,22). The smallest absolute Gasteiger partial charge is 0.238 e. The van der Waals surface area contributed by atoms with Gasteiger partial charge in [0.1, 0.15) is 5.82 Å². The molecule has 1 saturated carbocycles. The molecule has 6 heteroatoms. The van der Waals surface area contributed by atoms with Crippen LogP contribution >= 0.6 is 0 Å². The number of amides is 2. The van der Waals surface area contributed by atoms with E-state index in [9.17, 15) is 14.0 Å². The number of carbonyl (C=O) groups is 2. The zero-order valence-corrected chi connectivity index (χ0v) is 12.8. The quantitative estimate of drug-likeness (QED) is 0.842. The molecular formula is C16H22FN3O2. The first-order chi connectivity index (χ1) is 10.5. The van der Waals surface area contributed by atoms with Crippen LogP contribution in [0.15, 0.2) is 24.3 Å². The molecule has 2 rings (SSSR count). The largest absolute Gasteiger partial charge is 0.352 e. The minimum absolute atomic E-state index is 0.0621. The van der Waals surface area contributed by atoms with Crippen LogP contribution in [0.2, 0.25) is 0 Å². The van der Waals surface area contributed by atoms with Crippen LogP contribution < -0.4 is 10.6 Å². The summed E-state index contributed by atoms with van der Waals surface area (Å²) in [6.45, 7) is 0.252. The number of nitrogens with zero attached hydrogens (tertiary/aromatic N) is 1. The van der Waals surface area contributed by atoms with E-state index in [-0.39, 0.29) is 30.9 Å². The Morgan fingerprint density at radius 3 is 2.59 bits per heavy atom. The lowest BCUT2D eigenvalue weighted by molar-refractivity contribution is -0.123. The van der Waals surface area contributed by atoms with Crippen LogP contribution in [0.3, 0.4) is 0 Å². The van der Waals surface area contributed by atoms with Gasteiger partial charge in [-0.3, -0.25) is 14.5 Å². The van der Waals surface area contributed by atoms with Crippen molar-refractivity contribution in [2.75, 3.05) is 25.5 Å². The highest BCUT2D eigenvalue weighted by molar-refractivity contribution is 5.92. The van der Waals surface area contributed by atoms with Crippen molar-refractivity contribution in [1.29, 1.82) is 0 Å². The monoisotopic (exact) mass is 307 g/mol. The molecule has 1 aromatic carbocycles. The summed E-state index contributed by atoms with van der Waals surface area (Å²) in [5.41, 5.74) is 0.411. The number of rotatable bonds is 6. The van der Waals surface area contributed by atoms with Gasteiger partial charge in [-0.1, -0.05) is 18.9 Å². The van der Waals surface area contributed by atoms with E-state index in [2.05, 4.69) is 10.6 Å². The molecule has 120 valence electrons. The van der Waals surface area contributed by atoms with E-state index in [1.165, 1.54) is 18.2 Å². The van der Waals surface area contributed by atoms with Crippen LogP contribution in [-0.2, 0) is 9.59 Å². The Hall–Kier alpha value is -1.95. The molecule has 0 aromatic heterocycles. The second-order valence-electron chi connectivity index (χ2n) is 5.78. The predicted molar refractivity (Wildman–Crippen MR) is 82.9 cm³/mol. The van der Waals surface area contributed by atoms with Crippen LogP contribution in [0.4, 0.5) is 10.1 Å². The van der Waals surface area contributed by atoms with Gasteiger partial charge < -0.3 is 10.6 Å². The maximum Gasteiger partial charge on any atom is 0.238 e. The first-order valence-corrected chi connectivity index (χ1v) is 7.56. The second kappa shape index (κ2) is 7.89. The highest BCUT2D eigenvalue weighted by Gasteiger charge is 2.18. The summed E-state index contributed by atoms with van der Waals surface area (Å²) >= 11 is 0. The van der Waals surface area contributed by atoms with Crippen molar-refractivity contribution < 1.29 is 14.0 Å². The van der Waals surface area contributed by atoms with Crippen LogP contribution in [0.1, 0.15) is 25.7 Å². The molecule has 1 fully saturated rings. The molecule has 0 atom stereocenters. The number of likely N-dealkylation sites (N-methyl/N-ethyl adjacent to an activating group) is 1. The van der Waals surface area contributed by atoms with Crippen LogP contribution in [0, 0.1) is 5.82 Å². The summed E-state index contributed by atoms with van der Waals surface area (Å²) in [5.74, 6) is -0.739. The Morgan fingerprint density at radius 1 is 1.23 bits per heavy atom. The maximum atomic E-state index is 13.0. The highest BCUT2D eigenvalue weighted by atomic mass is 19.1. The minimum Gasteiger partial charge on any atom is -0.352 e. The molecule has 0 bridgehead atoms. The molecule has 1 aliphatic rings. The molecule has 2 amide bonds. The zero-order chi connectivity index (χ0) is 15.9. The van der Waals surface area contributed by atoms with Crippen molar-refractivity contribution in [3.05, 3.63) is 30.1 Å². The lowest BCUT2D eigenvalue weighted by atomic mass is 10.2. The Morgan fingerprint density at radius 2 is 1.91 bits per heavy atom. The summed E-state index contributed by atoms with van der Waals surface area (Å²) in [6.07, 6.45) is 4.40. The van der Waals surface area contributed by atoms with E-state index in [1.54, 1.807) is 18.0 Å². The molecule has 2 N–H and O–H groups in total. The average molecular weight is 307 g/mol. The molecule has 0 unspecified atom stereocenters. The Balaban J connectivity index is 1.72. The van der Waals surface area contributed by atoms with Gasteiger partial charge in [-0.25, -0.2) is 4.39 Å². The fraction of sp³-hybridized carbons (Fsp3) is 0.500. The highest BCUT2D eigenvalue weighted by Crippen LogP contribution is 2.17. The molecule has 1 aliphatic carbocycles. The van der Waals surface area contributed by atoms with Crippen LogP contribution in [0.25, 0.3) is 0 Å². The van der Waals surface area contributed by atoms with Gasteiger partial charge in [0.05, 0.1) is 13.1 Å². The number of carbonyl (C=O) groups excluding carboxylic acids is 2. The van der Waals surface area contributed by atoms with Crippen molar-refractivity contribution in [2.24, 2.45) is 0 Å². The van der Waals surface area contributed by atoms with Gasteiger partial charge >= 0.3 is 0 Å². The van der Waals surface area contributed by atoms with E-state index in [0.717, 1.165) is 25.7 Å². The van der Waals surface area contributed by atoms with Crippen LogP contribution in [-0.4, -0.2) is 42.9 Å². The van der Waals surface area contributed by atoms with Crippen molar-refractivity contribution in [3.63, 3.8) is 0 Å². The third-order valence-corrected chi connectivity index (χ3v) is 3.66. The van der Waals surface area contributed by atoms with E-state index in [1.807, 2.05) is 0 Å².